The minimum absolute atomic E-state index is 0.00683. The van der Waals surface area contributed by atoms with Crippen molar-refractivity contribution < 1.29 is 13.9 Å². The van der Waals surface area contributed by atoms with Crippen molar-refractivity contribution >= 4 is 5.91 Å². The highest BCUT2D eigenvalue weighted by molar-refractivity contribution is 5.96. The van der Waals surface area contributed by atoms with Crippen LogP contribution in [0.25, 0.3) is 17.2 Å². The molecule has 4 heterocycles. The van der Waals surface area contributed by atoms with Gasteiger partial charge in [0.05, 0.1) is 17.0 Å². The molecular formula is C30H30FN7O2. The predicted octanol–water partition coefficient (Wildman–Crippen LogP) is 4.23. The number of hydrogen-bond acceptors (Lipinski definition) is 7. The van der Waals surface area contributed by atoms with Crippen molar-refractivity contribution in [3.05, 3.63) is 83.7 Å². The van der Waals surface area contributed by atoms with Crippen LogP contribution in [0.4, 0.5) is 4.39 Å². The van der Waals surface area contributed by atoms with E-state index in [4.69, 9.17) is 15.5 Å². The number of aromatic nitrogens is 5. The lowest BCUT2D eigenvalue weighted by atomic mass is 9.68. The average Bonchev–Trinajstić information content (AvgIpc) is 3.69. The Morgan fingerprint density at radius 3 is 2.52 bits per heavy atom. The maximum atomic E-state index is 13.6. The van der Waals surface area contributed by atoms with Gasteiger partial charge in [-0.3, -0.25) is 4.79 Å². The van der Waals surface area contributed by atoms with E-state index in [9.17, 15) is 9.18 Å². The van der Waals surface area contributed by atoms with Crippen molar-refractivity contribution in [2.24, 2.45) is 11.7 Å². The van der Waals surface area contributed by atoms with Crippen LogP contribution in [0, 0.1) is 11.7 Å². The molecule has 1 amide bonds. The number of fused-ring (bicyclic) bond motifs is 1. The third-order valence-corrected chi connectivity index (χ3v) is 8.17. The maximum absolute atomic E-state index is 13.6. The molecule has 7 rings (SSSR count). The summed E-state index contributed by atoms with van der Waals surface area (Å²) in [6, 6.07) is 11.9. The van der Waals surface area contributed by atoms with E-state index >= 15 is 0 Å². The van der Waals surface area contributed by atoms with Gasteiger partial charge in [-0.2, -0.15) is 5.10 Å². The van der Waals surface area contributed by atoms with Crippen LogP contribution in [0.15, 0.2) is 61.1 Å². The van der Waals surface area contributed by atoms with Gasteiger partial charge in [0.15, 0.2) is 0 Å². The largest absolute Gasteiger partial charge is 0.474 e. The Balaban J connectivity index is 1.07. The molecule has 3 fully saturated rings. The molecule has 9 nitrogen and oxygen atoms in total. The quantitative estimate of drug-likeness (QED) is 0.374. The second kappa shape index (κ2) is 9.19. The van der Waals surface area contributed by atoms with Gasteiger partial charge in [-0.25, -0.2) is 24.0 Å². The molecule has 3 atom stereocenters. The number of pyridine rings is 1. The molecule has 0 unspecified atom stereocenters. The first-order valence-electron chi connectivity index (χ1n) is 13.7. The third kappa shape index (κ3) is 4.42. The second-order valence-corrected chi connectivity index (χ2v) is 11.6. The van der Waals surface area contributed by atoms with Crippen LogP contribution in [0.2, 0.25) is 0 Å². The number of nitrogens with two attached hydrogens (primary N) is 1. The molecule has 1 saturated heterocycles. The van der Waals surface area contributed by atoms with E-state index in [1.165, 1.54) is 12.1 Å². The van der Waals surface area contributed by atoms with Gasteiger partial charge in [0.25, 0.3) is 5.91 Å². The molecule has 2 saturated carbocycles. The summed E-state index contributed by atoms with van der Waals surface area (Å²) in [5.41, 5.74) is 9.64. The zero-order valence-corrected chi connectivity index (χ0v) is 22.4. The SMILES string of the molecule is CC(C)(N)c1cc(O[C@@H]2C[C@@H]3[C@H]2CN3C(=O)c2cn(-c3ncccn3)nc2C2CC2)nc(-c2ccc(F)cc2)c1. The number of amides is 1. The summed E-state index contributed by atoms with van der Waals surface area (Å²) in [4.78, 5) is 28.8. The van der Waals surface area contributed by atoms with E-state index in [2.05, 4.69) is 15.1 Å². The predicted molar refractivity (Wildman–Crippen MR) is 145 cm³/mol. The minimum Gasteiger partial charge on any atom is -0.474 e. The van der Waals surface area contributed by atoms with E-state index in [-0.39, 0.29) is 29.8 Å². The van der Waals surface area contributed by atoms with Crippen molar-refractivity contribution in [2.75, 3.05) is 6.54 Å². The summed E-state index contributed by atoms with van der Waals surface area (Å²) in [5, 5.41) is 4.68. The van der Waals surface area contributed by atoms with Crippen LogP contribution in [0.1, 0.15) is 60.6 Å². The van der Waals surface area contributed by atoms with Crippen molar-refractivity contribution in [2.45, 2.75) is 56.7 Å². The molecule has 1 aromatic carbocycles. The lowest BCUT2D eigenvalue weighted by molar-refractivity contribution is -0.119. The first kappa shape index (κ1) is 24.8. The van der Waals surface area contributed by atoms with E-state index in [0.29, 0.717) is 35.5 Å². The summed E-state index contributed by atoms with van der Waals surface area (Å²) in [6.07, 6.45) is 7.88. The van der Waals surface area contributed by atoms with Gasteiger partial charge in [0.2, 0.25) is 11.8 Å². The molecule has 0 radical (unpaired) electrons. The molecule has 40 heavy (non-hydrogen) atoms. The van der Waals surface area contributed by atoms with Gasteiger partial charge in [0, 0.05) is 66.6 Å². The molecule has 4 aromatic rings. The molecule has 3 aliphatic rings. The Labute approximate surface area is 231 Å². The number of benzene rings is 1. The van der Waals surface area contributed by atoms with Crippen LogP contribution in [-0.2, 0) is 5.54 Å². The highest BCUT2D eigenvalue weighted by Gasteiger charge is 2.56. The number of hydrogen-bond donors (Lipinski definition) is 1. The van der Waals surface area contributed by atoms with Crippen molar-refractivity contribution in [3.8, 4) is 23.1 Å². The summed E-state index contributed by atoms with van der Waals surface area (Å²) in [6.45, 7) is 4.48. The number of ether oxygens (including phenoxy) is 1. The number of nitrogens with zero attached hydrogens (tertiary/aromatic N) is 6. The molecule has 2 N–H and O–H groups in total. The molecule has 0 spiro atoms. The summed E-state index contributed by atoms with van der Waals surface area (Å²) < 4.78 is 21.5. The number of halogens is 1. The molecule has 1 aliphatic heterocycles. The first-order chi connectivity index (χ1) is 19.2. The van der Waals surface area contributed by atoms with Crippen LogP contribution in [0.5, 0.6) is 5.88 Å². The molecule has 204 valence electrons. The highest BCUT2D eigenvalue weighted by atomic mass is 19.1. The fraction of sp³-hybridized carbons (Fsp3) is 0.367. The third-order valence-electron chi connectivity index (χ3n) is 8.17. The Morgan fingerprint density at radius 1 is 1.12 bits per heavy atom. The monoisotopic (exact) mass is 539 g/mol. The van der Waals surface area contributed by atoms with Crippen molar-refractivity contribution in [1.82, 2.24) is 29.6 Å². The molecule has 3 aromatic heterocycles. The second-order valence-electron chi connectivity index (χ2n) is 11.6. The summed E-state index contributed by atoms with van der Waals surface area (Å²) in [5.74, 6) is 1.21. The smallest absolute Gasteiger partial charge is 0.257 e. The van der Waals surface area contributed by atoms with Gasteiger partial charge in [0.1, 0.15) is 11.9 Å². The molecule has 2 aliphatic carbocycles. The summed E-state index contributed by atoms with van der Waals surface area (Å²) >= 11 is 0. The number of carbonyl (C=O) groups excluding carboxylic acids is 1. The maximum Gasteiger partial charge on any atom is 0.257 e. The zero-order chi connectivity index (χ0) is 27.6. The Bertz CT molecular complexity index is 1580. The van der Waals surface area contributed by atoms with Gasteiger partial charge >= 0.3 is 0 Å². The molecule has 10 heteroatoms. The number of carbonyl (C=O) groups is 1. The number of rotatable bonds is 7. The van der Waals surface area contributed by atoms with E-state index in [1.807, 2.05) is 30.9 Å². The zero-order valence-electron chi connectivity index (χ0n) is 22.4. The summed E-state index contributed by atoms with van der Waals surface area (Å²) in [7, 11) is 0. The number of piperidine rings is 1. The van der Waals surface area contributed by atoms with Crippen LogP contribution < -0.4 is 10.5 Å². The van der Waals surface area contributed by atoms with Gasteiger partial charge in [-0.15, -0.1) is 0 Å². The van der Waals surface area contributed by atoms with E-state index in [1.54, 1.807) is 41.5 Å². The van der Waals surface area contributed by atoms with E-state index in [0.717, 1.165) is 36.1 Å². The van der Waals surface area contributed by atoms with Gasteiger partial charge < -0.3 is 15.4 Å². The van der Waals surface area contributed by atoms with Crippen molar-refractivity contribution in [1.29, 1.82) is 0 Å². The molecular weight excluding hydrogens is 509 g/mol. The minimum atomic E-state index is -0.605. The normalized spacial score (nSPS) is 21.8. The first-order valence-corrected chi connectivity index (χ1v) is 13.7. The fourth-order valence-electron chi connectivity index (χ4n) is 5.57. The number of likely N-dealkylation sites (tertiary alicyclic amines) is 1. The van der Waals surface area contributed by atoms with Gasteiger partial charge in [-0.1, -0.05) is 0 Å². The standard InChI is InChI=1S/C30H30FN7O2/c1-30(2,32)19-12-23(17-6-8-20(31)9-7-17)35-26(13-19)40-25-14-24-21(25)15-37(24)28(39)22-16-38(29-33-10-3-11-34-29)36-27(22)18-4-5-18/h3,6-13,16,18,21,24-25H,4-5,14-15,32H2,1-2H3/t21-,24-,25-/m1/s1. The highest BCUT2D eigenvalue weighted by Crippen LogP contribution is 2.46. The van der Waals surface area contributed by atoms with Crippen molar-refractivity contribution in [3.63, 3.8) is 0 Å². The lowest BCUT2D eigenvalue weighted by Gasteiger charge is -2.59. The van der Waals surface area contributed by atoms with E-state index < -0.39 is 5.54 Å². The van der Waals surface area contributed by atoms with Gasteiger partial charge in [-0.05, 0) is 68.7 Å². The average molecular weight is 540 g/mol. The Morgan fingerprint density at radius 2 is 1.88 bits per heavy atom. The van der Waals surface area contributed by atoms with Crippen LogP contribution in [-0.4, -0.2) is 54.2 Å². The van der Waals surface area contributed by atoms with Crippen LogP contribution >= 0.6 is 0 Å². The Hall–Kier alpha value is -4.18. The fourth-order valence-corrected chi connectivity index (χ4v) is 5.57. The molecule has 0 bridgehead atoms. The van der Waals surface area contributed by atoms with Crippen LogP contribution in [0.3, 0.4) is 0 Å². The topological polar surface area (TPSA) is 112 Å². The Kier molecular flexibility index (Phi) is 5.71. The lowest BCUT2D eigenvalue weighted by Crippen LogP contribution is -2.71.